The van der Waals surface area contributed by atoms with Crippen molar-refractivity contribution in [3.63, 3.8) is 0 Å². The van der Waals surface area contributed by atoms with Crippen molar-refractivity contribution in [2.45, 2.75) is 52.6 Å². The lowest BCUT2D eigenvalue weighted by molar-refractivity contribution is -0.136. The van der Waals surface area contributed by atoms with Gasteiger partial charge in [0.05, 0.1) is 0 Å². The zero-order valence-electron chi connectivity index (χ0n) is 15.4. The summed E-state index contributed by atoms with van der Waals surface area (Å²) in [5, 5.41) is 13.1. The van der Waals surface area contributed by atoms with Gasteiger partial charge in [0.25, 0.3) is 5.91 Å². The smallest absolute Gasteiger partial charge is 0.263 e. The predicted molar refractivity (Wildman–Crippen MR) is 98.0 cm³/mol. The maximum absolute atomic E-state index is 12.6. The Morgan fingerprint density at radius 2 is 1.96 bits per heavy atom. The minimum atomic E-state index is -0.927. The fraction of sp³-hybridized carbons (Fsp3) is 0.556. The molecule has 1 amide bonds. The van der Waals surface area contributed by atoms with Crippen molar-refractivity contribution in [1.82, 2.24) is 5.32 Å². The number of aliphatic imine (C=N–C) groups is 1. The van der Waals surface area contributed by atoms with Crippen LogP contribution in [0.2, 0.25) is 0 Å². The number of fused-ring (bicyclic) bond motifs is 1. The van der Waals surface area contributed by atoms with Gasteiger partial charge in [0.1, 0.15) is 11.5 Å². The number of carbonyl (C=O) groups excluding carboxylic acids is 1. The van der Waals surface area contributed by atoms with Crippen LogP contribution in [0.3, 0.4) is 0 Å². The van der Waals surface area contributed by atoms with E-state index in [1.807, 2.05) is 20.8 Å². The molecule has 7 nitrogen and oxygen atoms in total. The predicted octanol–water partition coefficient (Wildman–Crippen LogP) is 1.18. The van der Waals surface area contributed by atoms with Gasteiger partial charge < -0.3 is 26.6 Å². The molecule has 1 aromatic rings. The maximum Gasteiger partial charge on any atom is 0.263 e. The molecule has 7 heteroatoms. The Hall–Kier alpha value is -2.44. The summed E-state index contributed by atoms with van der Waals surface area (Å²) in [6, 6.07) is 0. The Morgan fingerprint density at radius 1 is 1.28 bits per heavy atom. The standard InChI is InChI=1S/C18H28N4O3/c1-10-11(2)15-13(12(3)14(10)23)6-7-18(4,25-15)16(24)21-8-5-9-22-17(19)20/h23H,5-9H2,1-4H3,(H,21,24)(H4,19,20,22). The van der Waals surface area contributed by atoms with Crippen LogP contribution in [0.4, 0.5) is 0 Å². The average molecular weight is 348 g/mol. The Balaban J connectivity index is 2.10. The molecule has 0 spiro atoms. The molecule has 1 atom stereocenters. The van der Waals surface area contributed by atoms with Gasteiger partial charge >= 0.3 is 0 Å². The van der Waals surface area contributed by atoms with Crippen molar-refractivity contribution in [1.29, 1.82) is 0 Å². The van der Waals surface area contributed by atoms with Gasteiger partial charge in [0.15, 0.2) is 11.6 Å². The molecular weight excluding hydrogens is 320 g/mol. The number of phenolic OH excluding ortho intramolecular Hbond substituents is 1. The summed E-state index contributed by atoms with van der Waals surface area (Å²) in [5.74, 6) is 0.936. The van der Waals surface area contributed by atoms with E-state index in [0.29, 0.717) is 38.1 Å². The van der Waals surface area contributed by atoms with Gasteiger partial charge in [-0.05, 0) is 57.2 Å². The first-order valence-electron chi connectivity index (χ1n) is 8.51. The highest BCUT2D eigenvalue weighted by Gasteiger charge is 2.40. The van der Waals surface area contributed by atoms with Crippen LogP contribution in [0.15, 0.2) is 4.99 Å². The molecule has 0 radical (unpaired) electrons. The molecule has 0 aromatic heterocycles. The molecule has 138 valence electrons. The lowest BCUT2D eigenvalue weighted by atomic mass is 9.86. The monoisotopic (exact) mass is 348 g/mol. The van der Waals surface area contributed by atoms with Crippen LogP contribution >= 0.6 is 0 Å². The van der Waals surface area contributed by atoms with E-state index in [4.69, 9.17) is 16.2 Å². The van der Waals surface area contributed by atoms with Crippen LogP contribution in [0.1, 0.15) is 42.0 Å². The lowest BCUT2D eigenvalue weighted by Crippen LogP contribution is -2.51. The van der Waals surface area contributed by atoms with Gasteiger partial charge in [0, 0.05) is 25.1 Å². The first-order chi connectivity index (χ1) is 11.7. The molecule has 1 aliphatic rings. The Bertz CT molecular complexity index is 711. The van der Waals surface area contributed by atoms with Gasteiger partial charge in [-0.3, -0.25) is 9.79 Å². The molecule has 0 bridgehead atoms. The number of nitrogens with one attached hydrogen (secondary N) is 1. The number of carbonyl (C=O) groups is 1. The van der Waals surface area contributed by atoms with E-state index in [-0.39, 0.29) is 11.9 Å². The van der Waals surface area contributed by atoms with E-state index in [2.05, 4.69) is 10.3 Å². The number of rotatable bonds is 5. The second-order valence-electron chi connectivity index (χ2n) is 6.78. The number of amides is 1. The van der Waals surface area contributed by atoms with Gasteiger partial charge in [-0.15, -0.1) is 0 Å². The van der Waals surface area contributed by atoms with E-state index in [0.717, 1.165) is 28.0 Å². The fourth-order valence-corrected chi connectivity index (χ4v) is 3.08. The quantitative estimate of drug-likeness (QED) is 0.361. The minimum absolute atomic E-state index is 0.0509. The van der Waals surface area contributed by atoms with Crippen molar-refractivity contribution in [2.24, 2.45) is 16.5 Å². The molecule has 0 fully saturated rings. The molecule has 0 saturated heterocycles. The fourth-order valence-electron chi connectivity index (χ4n) is 3.08. The summed E-state index contributed by atoms with van der Waals surface area (Å²) >= 11 is 0. The molecule has 2 rings (SSSR count). The van der Waals surface area contributed by atoms with Crippen LogP contribution < -0.4 is 21.5 Å². The number of aromatic hydroxyl groups is 1. The summed E-state index contributed by atoms with van der Waals surface area (Å²) in [7, 11) is 0. The number of benzene rings is 1. The normalized spacial score (nSPS) is 18.9. The summed E-state index contributed by atoms with van der Waals surface area (Å²) in [5.41, 5.74) is 13.1. The highest BCUT2D eigenvalue weighted by molar-refractivity contribution is 5.85. The molecule has 1 unspecified atom stereocenters. The molecule has 1 heterocycles. The van der Waals surface area contributed by atoms with Crippen LogP contribution in [0.25, 0.3) is 0 Å². The molecule has 25 heavy (non-hydrogen) atoms. The Kier molecular flexibility index (Phi) is 5.45. The maximum atomic E-state index is 12.6. The third-order valence-electron chi connectivity index (χ3n) is 4.91. The summed E-state index contributed by atoms with van der Waals surface area (Å²) in [6.07, 6.45) is 1.90. The zero-order valence-corrected chi connectivity index (χ0v) is 15.4. The van der Waals surface area contributed by atoms with E-state index in [1.165, 1.54) is 0 Å². The van der Waals surface area contributed by atoms with Crippen LogP contribution in [-0.2, 0) is 11.2 Å². The Labute approximate surface area is 148 Å². The van der Waals surface area contributed by atoms with Crippen molar-refractivity contribution in [3.8, 4) is 11.5 Å². The number of ether oxygens (including phenoxy) is 1. The van der Waals surface area contributed by atoms with Crippen LogP contribution in [0, 0.1) is 20.8 Å². The van der Waals surface area contributed by atoms with Gasteiger partial charge in [-0.25, -0.2) is 0 Å². The molecule has 1 aliphatic heterocycles. The van der Waals surface area contributed by atoms with Gasteiger partial charge in [0.2, 0.25) is 0 Å². The highest BCUT2D eigenvalue weighted by Crippen LogP contribution is 2.43. The second-order valence-corrected chi connectivity index (χ2v) is 6.78. The third-order valence-corrected chi connectivity index (χ3v) is 4.91. The molecule has 1 aromatic carbocycles. The lowest BCUT2D eigenvalue weighted by Gasteiger charge is -2.36. The highest BCUT2D eigenvalue weighted by atomic mass is 16.5. The first kappa shape index (κ1) is 18.9. The number of hydrogen-bond acceptors (Lipinski definition) is 4. The molecule has 6 N–H and O–H groups in total. The van der Waals surface area contributed by atoms with Crippen molar-refractivity contribution >= 4 is 11.9 Å². The SMILES string of the molecule is Cc1c(C)c2c(c(C)c1O)CCC(C)(C(=O)NCCCN=C(N)N)O2. The van der Waals surface area contributed by atoms with E-state index in [9.17, 15) is 9.90 Å². The number of nitrogens with two attached hydrogens (primary N) is 2. The van der Waals surface area contributed by atoms with Gasteiger partial charge in [-0.2, -0.15) is 0 Å². The summed E-state index contributed by atoms with van der Waals surface area (Å²) in [6.45, 7) is 8.41. The van der Waals surface area contributed by atoms with Crippen molar-refractivity contribution in [2.75, 3.05) is 13.1 Å². The topological polar surface area (TPSA) is 123 Å². The average Bonchev–Trinajstić information content (AvgIpc) is 2.57. The van der Waals surface area contributed by atoms with E-state index >= 15 is 0 Å². The van der Waals surface area contributed by atoms with Crippen molar-refractivity contribution in [3.05, 3.63) is 22.3 Å². The third kappa shape index (κ3) is 3.81. The molecule has 0 saturated carbocycles. The summed E-state index contributed by atoms with van der Waals surface area (Å²) < 4.78 is 6.13. The summed E-state index contributed by atoms with van der Waals surface area (Å²) in [4.78, 5) is 16.5. The van der Waals surface area contributed by atoms with Gasteiger partial charge in [-0.1, -0.05) is 0 Å². The number of phenols is 1. The zero-order chi connectivity index (χ0) is 18.8. The number of guanidine groups is 1. The van der Waals surface area contributed by atoms with Crippen LogP contribution in [-0.4, -0.2) is 35.7 Å². The van der Waals surface area contributed by atoms with Crippen LogP contribution in [0.5, 0.6) is 11.5 Å². The van der Waals surface area contributed by atoms with Crippen molar-refractivity contribution < 1.29 is 14.6 Å². The first-order valence-corrected chi connectivity index (χ1v) is 8.51. The number of nitrogens with zero attached hydrogens (tertiary/aromatic N) is 1. The Morgan fingerprint density at radius 3 is 2.60 bits per heavy atom. The minimum Gasteiger partial charge on any atom is -0.507 e. The molecule has 0 aliphatic carbocycles. The second kappa shape index (κ2) is 7.21. The molecular formula is C18H28N4O3. The van der Waals surface area contributed by atoms with E-state index < -0.39 is 5.60 Å². The number of hydrogen-bond donors (Lipinski definition) is 4. The van der Waals surface area contributed by atoms with E-state index in [1.54, 1.807) is 6.92 Å². The largest absolute Gasteiger partial charge is 0.507 e.